The van der Waals surface area contributed by atoms with Gasteiger partial charge in [0.2, 0.25) is 0 Å². The maximum atomic E-state index is 3.50. The van der Waals surface area contributed by atoms with E-state index in [1.54, 1.807) is 0 Å². The molecule has 4 heteroatoms. The van der Waals surface area contributed by atoms with E-state index >= 15 is 0 Å². The molecule has 0 saturated carbocycles. The summed E-state index contributed by atoms with van der Waals surface area (Å²) >= 11 is 8.85. The molecule has 0 unspecified atom stereocenters. The van der Waals surface area contributed by atoms with E-state index in [2.05, 4.69) is 57.6 Å². The highest BCUT2D eigenvalue weighted by molar-refractivity contribution is 9.13. The molecule has 0 radical (unpaired) electrons. The quantitative estimate of drug-likeness (QED) is 0.691. The van der Waals surface area contributed by atoms with Crippen molar-refractivity contribution in [3.05, 3.63) is 14.3 Å². The molecule has 0 amide bonds. The first kappa shape index (κ1) is 9.96. The van der Waals surface area contributed by atoms with Crippen molar-refractivity contribution in [1.82, 2.24) is 0 Å². The van der Waals surface area contributed by atoms with Crippen LogP contribution in [0.15, 0.2) is 14.3 Å². The standard InChI is InChI=1S/C7H10Br2SSi/c1-11(2,3)6-4-5(8)7(9)10-6/h4H,1-3H3. The number of thiophene rings is 1. The lowest BCUT2D eigenvalue weighted by Gasteiger charge is -2.11. The van der Waals surface area contributed by atoms with Crippen LogP contribution in [-0.2, 0) is 0 Å². The number of hydrogen-bond donors (Lipinski definition) is 0. The van der Waals surface area contributed by atoms with Gasteiger partial charge in [0.15, 0.2) is 0 Å². The molecular formula is C7H10Br2SSi. The molecule has 62 valence electrons. The molecule has 0 aliphatic rings. The lowest BCUT2D eigenvalue weighted by molar-refractivity contribution is 1.77. The van der Waals surface area contributed by atoms with Gasteiger partial charge in [-0.05, 0) is 42.4 Å². The van der Waals surface area contributed by atoms with Crippen molar-refractivity contribution in [2.75, 3.05) is 0 Å². The number of rotatable bonds is 1. The van der Waals surface area contributed by atoms with E-state index in [0.29, 0.717) is 0 Å². The van der Waals surface area contributed by atoms with Crippen LogP contribution in [0, 0.1) is 0 Å². The van der Waals surface area contributed by atoms with Crippen molar-refractivity contribution in [3.63, 3.8) is 0 Å². The van der Waals surface area contributed by atoms with Crippen LogP contribution in [0.2, 0.25) is 19.6 Å². The Kier molecular flexibility index (Phi) is 3.01. The van der Waals surface area contributed by atoms with Crippen LogP contribution in [0.25, 0.3) is 0 Å². The Labute approximate surface area is 89.3 Å². The van der Waals surface area contributed by atoms with Crippen molar-refractivity contribution < 1.29 is 0 Å². The Hall–Kier alpha value is 0.877. The second kappa shape index (κ2) is 3.32. The summed E-state index contributed by atoms with van der Waals surface area (Å²) in [6.45, 7) is 7.08. The van der Waals surface area contributed by atoms with Gasteiger partial charge >= 0.3 is 0 Å². The maximum absolute atomic E-state index is 3.50. The molecule has 0 aromatic carbocycles. The van der Waals surface area contributed by atoms with Crippen molar-refractivity contribution in [2.45, 2.75) is 19.6 Å². The second-order valence-electron chi connectivity index (χ2n) is 3.48. The predicted octanol–water partition coefficient (Wildman–Crippen LogP) is 3.82. The number of hydrogen-bond acceptors (Lipinski definition) is 1. The van der Waals surface area contributed by atoms with Gasteiger partial charge in [-0.3, -0.25) is 0 Å². The maximum Gasteiger partial charge on any atom is 0.0905 e. The molecule has 0 nitrogen and oxygen atoms in total. The topological polar surface area (TPSA) is 0 Å². The molecule has 0 spiro atoms. The van der Waals surface area contributed by atoms with E-state index in [0.717, 1.165) is 0 Å². The minimum absolute atomic E-state index is 1.09. The SMILES string of the molecule is C[Si](C)(C)c1cc(Br)c(Br)s1. The first-order chi connectivity index (χ1) is 4.91. The van der Waals surface area contributed by atoms with Gasteiger partial charge in [-0.15, -0.1) is 11.3 Å². The first-order valence-electron chi connectivity index (χ1n) is 3.36. The molecule has 0 atom stereocenters. The smallest absolute Gasteiger partial charge is 0.0905 e. The first-order valence-corrected chi connectivity index (χ1v) is 9.27. The molecule has 0 aliphatic heterocycles. The summed E-state index contributed by atoms with van der Waals surface area (Å²) in [7, 11) is -1.09. The van der Waals surface area contributed by atoms with E-state index < -0.39 is 8.07 Å². The van der Waals surface area contributed by atoms with Gasteiger partial charge in [-0.2, -0.15) is 0 Å². The summed E-state index contributed by atoms with van der Waals surface area (Å²) in [5, 5.41) is 0. The van der Waals surface area contributed by atoms with Crippen LogP contribution in [-0.4, -0.2) is 8.07 Å². The molecule has 0 aliphatic carbocycles. The third kappa shape index (κ3) is 2.41. The van der Waals surface area contributed by atoms with Crippen LogP contribution >= 0.6 is 43.2 Å². The molecule has 1 rings (SSSR count). The van der Waals surface area contributed by atoms with Crippen LogP contribution in [0.3, 0.4) is 0 Å². The highest BCUT2D eigenvalue weighted by atomic mass is 79.9. The lowest BCUT2D eigenvalue weighted by Crippen LogP contribution is -2.34. The van der Waals surface area contributed by atoms with Gasteiger partial charge in [0.1, 0.15) is 0 Å². The Bertz CT molecular complexity index is 242. The summed E-state index contributed by atoms with van der Waals surface area (Å²) in [6, 6.07) is 2.24. The predicted molar refractivity (Wildman–Crippen MR) is 62.7 cm³/mol. The summed E-state index contributed by atoms with van der Waals surface area (Å²) in [6.07, 6.45) is 0. The fourth-order valence-electron chi connectivity index (χ4n) is 0.716. The molecule has 1 aromatic rings. The summed E-state index contributed by atoms with van der Waals surface area (Å²) in [5.74, 6) is 0. The molecular weight excluding hydrogens is 304 g/mol. The Morgan fingerprint density at radius 3 is 2.00 bits per heavy atom. The van der Waals surface area contributed by atoms with Gasteiger partial charge in [0.05, 0.1) is 11.9 Å². The minimum atomic E-state index is -1.09. The third-order valence-electron chi connectivity index (χ3n) is 1.38. The zero-order valence-electron chi connectivity index (χ0n) is 6.74. The zero-order valence-corrected chi connectivity index (χ0v) is 11.7. The van der Waals surface area contributed by atoms with Gasteiger partial charge in [-0.25, -0.2) is 0 Å². The van der Waals surface area contributed by atoms with Crippen LogP contribution in [0.4, 0.5) is 0 Å². The third-order valence-corrected chi connectivity index (χ3v) is 8.22. The normalized spacial score (nSPS) is 12.1. The fourth-order valence-corrected chi connectivity index (χ4v) is 5.27. The molecule has 0 saturated heterocycles. The van der Waals surface area contributed by atoms with Crippen molar-refractivity contribution in [2.24, 2.45) is 0 Å². The van der Waals surface area contributed by atoms with E-state index in [4.69, 9.17) is 0 Å². The minimum Gasteiger partial charge on any atom is -0.137 e. The van der Waals surface area contributed by atoms with E-state index in [1.807, 2.05) is 11.3 Å². The highest BCUT2D eigenvalue weighted by Gasteiger charge is 2.19. The molecule has 0 N–H and O–H groups in total. The molecule has 1 aromatic heterocycles. The highest BCUT2D eigenvalue weighted by Crippen LogP contribution is 2.28. The molecule has 11 heavy (non-hydrogen) atoms. The van der Waals surface area contributed by atoms with Crippen LogP contribution in [0.5, 0.6) is 0 Å². The molecule has 0 bridgehead atoms. The Morgan fingerprint density at radius 2 is 1.82 bits per heavy atom. The fraction of sp³-hybridized carbons (Fsp3) is 0.429. The van der Waals surface area contributed by atoms with Gasteiger partial charge < -0.3 is 0 Å². The molecule has 0 fully saturated rings. The Morgan fingerprint density at radius 1 is 1.27 bits per heavy atom. The average Bonchev–Trinajstić information content (AvgIpc) is 2.11. The molecule has 1 heterocycles. The van der Waals surface area contributed by atoms with Crippen molar-refractivity contribution in [1.29, 1.82) is 0 Å². The van der Waals surface area contributed by atoms with Crippen molar-refractivity contribution >= 4 is 55.8 Å². The van der Waals surface area contributed by atoms with Crippen molar-refractivity contribution in [3.8, 4) is 0 Å². The van der Waals surface area contributed by atoms with Gasteiger partial charge in [0, 0.05) is 4.47 Å². The van der Waals surface area contributed by atoms with Crippen LogP contribution in [0.1, 0.15) is 0 Å². The average molecular weight is 314 g/mol. The summed E-state index contributed by atoms with van der Waals surface area (Å²) in [4.78, 5) is 0. The van der Waals surface area contributed by atoms with Gasteiger partial charge in [-0.1, -0.05) is 19.6 Å². The Balaban J connectivity index is 3.08. The van der Waals surface area contributed by atoms with Gasteiger partial charge in [0.25, 0.3) is 0 Å². The monoisotopic (exact) mass is 312 g/mol. The largest absolute Gasteiger partial charge is 0.137 e. The van der Waals surface area contributed by atoms with E-state index in [9.17, 15) is 0 Å². The summed E-state index contributed by atoms with van der Waals surface area (Å²) < 4.78 is 3.95. The van der Waals surface area contributed by atoms with Crippen LogP contribution < -0.4 is 4.50 Å². The van der Waals surface area contributed by atoms with E-state index in [-0.39, 0.29) is 0 Å². The van der Waals surface area contributed by atoms with E-state index in [1.165, 1.54) is 12.8 Å². The number of halogens is 2. The summed E-state index contributed by atoms with van der Waals surface area (Å²) in [5.41, 5.74) is 0. The zero-order chi connectivity index (χ0) is 8.65. The lowest BCUT2D eigenvalue weighted by atomic mass is 10.7. The second-order valence-corrected chi connectivity index (χ2v) is 12.1.